The Labute approximate surface area is 333 Å². The number of hydrogen-bond acceptors (Lipinski definition) is 4. The molecule has 8 aromatic rings. The number of ketones is 1. The van der Waals surface area contributed by atoms with E-state index in [4.69, 9.17) is 0 Å². The Morgan fingerprint density at radius 2 is 0.962 bits per heavy atom. The summed E-state index contributed by atoms with van der Waals surface area (Å²) in [6.45, 7) is 0. The van der Waals surface area contributed by atoms with E-state index in [1.165, 1.54) is 21.5 Å². The van der Waals surface area contributed by atoms with Crippen LogP contribution in [-0.4, -0.2) is 15.8 Å². The van der Waals surface area contributed by atoms with Crippen LogP contribution in [0.1, 0.15) is 15.9 Å². The predicted molar refractivity (Wildman–Crippen MR) is 213 cm³/mol. The molecule has 0 unspecified atom stereocenters. The summed E-state index contributed by atoms with van der Waals surface area (Å²) in [4.78, 5) is 20.8. The predicted octanol–water partition coefficient (Wildman–Crippen LogP) is 11.2. The number of nitrogens with zero attached hydrogens (tertiary/aromatic N) is 2. The van der Waals surface area contributed by atoms with Gasteiger partial charge in [0.25, 0.3) is 0 Å². The van der Waals surface area contributed by atoms with E-state index in [9.17, 15) is 9.90 Å². The number of benzene rings is 6. The van der Waals surface area contributed by atoms with Crippen molar-refractivity contribution in [2.45, 2.75) is 0 Å². The molecule has 0 amide bonds. The standard InChI is InChI=1S/C15H10Br2O2.2C15H10N.Ir/c16-12-5-1-10(2-6-12)14(18)9-15(19)11-3-7-13(17)8-4-11;2*1-2-7-13(8-3-1)15-14-9-5-4-6-12(14)10-11-16-15;/h1-9,18H;2*1-7,9-11H;/q;2*-1;+3/p-1/b14-9-;;;. The molecule has 0 aliphatic carbocycles. The molecule has 2 heterocycles. The van der Waals surface area contributed by atoms with Crippen molar-refractivity contribution in [3.05, 3.63) is 208 Å². The van der Waals surface area contributed by atoms with Crippen LogP contribution in [-0.2, 0) is 20.1 Å². The first-order valence-electron chi connectivity index (χ1n) is 16.0. The Morgan fingerprint density at radius 1 is 0.538 bits per heavy atom. The van der Waals surface area contributed by atoms with Crippen molar-refractivity contribution in [2.75, 3.05) is 0 Å². The minimum absolute atomic E-state index is 0. The van der Waals surface area contributed by atoms with E-state index in [0.717, 1.165) is 37.5 Å². The van der Waals surface area contributed by atoms with E-state index in [-0.39, 0.29) is 31.6 Å². The number of pyridine rings is 2. The van der Waals surface area contributed by atoms with Crippen molar-refractivity contribution in [1.29, 1.82) is 0 Å². The Balaban J connectivity index is 0.000000150. The monoisotopic (exact) mass is 980 g/mol. The first-order chi connectivity index (χ1) is 25.0. The van der Waals surface area contributed by atoms with Crippen LogP contribution >= 0.6 is 31.9 Å². The maximum Gasteiger partial charge on any atom is 3.00 e. The molecule has 0 spiro atoms. The minimum Gasteiger partial charge on any atom is -0.872 e. The second kappa shape index (κ2) is 19.0. The molecule has 7 heteroatoms. The molecule has 0 bridgehead atoms. The number of carbonyl (C=O) groups excluding carboxylic acids is 1. The van der Waals surface area contributed by atoms with Crippen molar-refractivity contribution < 1.29 is 30.0 Å². The van der Waals surface area contributed by atoms with E-state index < -0.39 is 0 Å². The SMILES string of the molecule is O=C(/C=C(\[O-])c1ccc(Br)cc1)c1ccc(Br)cc1.[Ir+3].[c-]1ccccc1-c1nccc2ccccc12.[c-]1ccccc1-c1nccc2ccccc12. The van der Waals surface area contributed by atoms with Crippen molar-refractivity contribution in [1.82, 2.24) is 9.97 Å². The van der Waals surface area contributed by atoms with Crippen molar-refractivity contribution in [2.24, 2.45) is 0 Å². The number of halogens is 2. The average Bonchev–Trinajstić information content (AvgIpc) is 3.19. The van der Waals surface area contributed by atoms with Crippen molar-refractivity contribution >= 4 is 64.9 Å². The molecule has 0 radical (unpaired) electrons. The zero-order valence-electron chi connectivity index (χ0n) is 27.5. The van der Waals surface area contributed by atoms with Crippen LogP contribution in [0.5, 0.6) is 0 Å². The normalized spacial score (nSPS) is 10.6. The van der Waals surface area contributed by atoms with Crippen LogP contribution in [0, 0.1) is 12.1 Å². The van der Waals surface area contributed by atoms with Crippen molar-refractivity contribution in [3.8, 4) is 22.5 Å². The van der Waals surface area contributed by atoms with E-state index in [2.05, 4.69) is 78.2 Å². The van der Waals surface area contributed by atoms with Gasteiger partial charge in [-0.15, -0.1) is 71.8 Å². The Morgan fingerprint density at radius 3 is 1.40 bits per heavy atom. The topological polar surface area (TPSA) is 65.9 Å². The maximum atomic E-state index is 11.9. The van der Waals surface area contributed by atoms with Crippen LogP contribution in [0.3, 0.4) is 0 Å². The molecule has 0 aliphatic rings. The van der Waals surface area contributed by atoms with Gasteiger partial charge in [-0.25, -0.2) is 0 Å². The van der Waals surface area contributed by atoms with Crippen LogP contribution in [0.2, 0.25) is 0 Å². The van der Waals surface area contributed by atoms with Crippen molar-refractivity contribution in [3.63, 3.8) is 0 Å². The second-order valence-electron chi connectivity index (χ2n) is 11.2. The largest absolute Gasteiger partial charge is 3.00 e. The molecule has 0 aliphatic heterocycles. The van der Waals surface area contributed by atoms with Crippen LogP contribution in [0.4, 0.5) is 0 Å². The zero-order valence-corrected chi connectivity index (χ0v) is 33.1. The number of aromatic nitrogens is 2. The quantitative estimate of drug-likeness (QED) is 0.0746. The van der Waals surface area contributed by atoms with E-state index in [1.807, 2.05) is 97.3 Å². The first kappa shape index (κ1) is 38.2. The summed E-state index contributed by atoms with van der Waals surface area (Å²) in [6.07, 6.45) is 4.81. The number of hydrogen-bond donors (Lipinski definition) is 0. The minimum atomic E-state index is -0.291. The summed E-state index contributed by atoms with van der Waals surface area (Å²) in [6, 6.07) is 56.7. The van der Waals surface area contributed by atoms with Gasteiger partial charge >= 0.3 is 20.1 Å². The molecular formula is C45H29Br2IrN2O2. The Hall–Kier alpha value is -5.04. The van der Waals surface area contributed by atoms with Gasteiger partial charge in [-0.05, 0) is 93.1 Å². The summed E-state index contributed by atoms with van der Waals surface area (Å²) >= 11 is 6.59. The van der Waals surface area contributed by atoms with Crippen LogP contribution in [0.15, 0.2) is 185 Å². The van der Waals surface area contributed by atoms with E-state index in [0.29, 0.717) is 11.1 Å². The van der Waals surface area contributed by atoms with Gasteiger partial charge in [0.2, 0.25) is 0 Å². The Bertz CT molecular complexity index is 2280. The molecule has 0 atom stereocenters. The molecule has 2 aromatic heterocycles. The second-order valence-corrected chi connectivity index (χ2v) is 13.0. The van der Waals surface area contributed by atoms with Crippen LogP contribution < -0.4 is 5.11 Å². The average molecular weight is 982 g/mol. The molecule has 6 aromatic carbocycles. The van der Waals surface area contributed by atoms with Gasteiger partial charge in [0.1, 0.15) is 0 Å². The zero-order chi connectivity index (χ0) is 35.4. The van der Waals surface area contributed by atoms with Gasteiger partial charge in [0.05, 0.1) is 0 Å². The summed E-state index contributed by atoms with van der Waals surface area (Å²) in [5.74, 6) is -0.583. The fraction of sp³-hybridized carbons (Fsp3) is 0. The third kappa shape index (κ3) is 10.1. The number of allylic oxidation sites excluding steroid dienone is 1. The summed E-state index contributed by atoms with van der Waals surface area (Å²) in [5.41, 5.74) is 5.07. The van der Waals surface area contributed by atoms with Gasteiger partial charge in [0.15, 0.2) is 5.78 Å². The van der Waals surface area contributed by atoms with Crippen LogP contribution in [0.25, 0.3) is 49.8 Å². The molecular weight excluding hydrogens is 953 g/mol. The fourth-order valence-electron chi connectivity index (χ4n) is 5.26. The molecule has 0 N–H and O–H groups in total. The number of fused-ring (bicyclic) bond motifs is 2. The Kier molecular flexibility index (Phi) is 13.9. The summed E-state index contributed by atoms with van der Waals surface area (Å²) in [7, 11) is 0. The fourth-order valence-corrected chi connectivity index (χ4v) is 5.79. The van der Waals surface area contributed by atoms with Gasteiger partial charge in [0, 0.05) is 26.9 Å². The molecule has 0 saturated carbocycles. The molecule has 8 rings (SSSR count). The molecule has 0 fully saturated rings. The molecule has 254 valence electrons. The van der Waals surface area contributed by atoms with E-state index in [1.54, 1.807) is 48.5 Å². The number of carbonyl (C=O) groups is 1. The third-order valence-electron chi connectivity index (χ3n) is 7.80. The molecule has 4 nitrogen and oxygen atoms in total. The first-order valence-corrected chi connectivity index (χ1v) is 17.6. The van der Waals surface area contributed by atoms with Gasteiger partial charge < -0.3 is 15.1 Å². The van der Waals surface area contributed by atoms with Gasteiger partial charge in [-0.2, -0.15) is 0 Å². The van der Waals surface area contributed by atoms with E-state index >= 15 is 0 Å². The smallest absolute Gasteiger partial charge is 0.872 e. The maximum absolute atomic E-state index is 11.9. The van der Waals surface area contributed by atoms with Gasteiger partial charge in [-0.1, -0.05) is 98.3 Å². The summed E-state index contributed by atoms with van der Waals surface area (Å²) < 4.78 is 1.78. The third-order valence-corrected chi connectivity index (χ3v) is 8.85. The van der Waals surface area contributed by atoms with Gasteiger partial charge in [-0.3, -0.25) is 4.79 Å². The summed E-state index contributed by atoms with van der Waals surface area (Å²) in [5, 5.41) is 16.7. The molecule has 52 heavy (non-hydrogen) atoms. The number of rotatable bonds is 5. The molecule has 0 saturated heterocycles.